The molecule has 1 amide bonds. The topological polar surface area (TPSA) is 42.0 Å². The van der Waals surface area contributed by atoms with E-state index in [1.807, 2.05) is 0 Å². The molecule has 0 bridgehead atoms. The van der Waals surface area contributed by atoms with Crippen LogP contribution >= 0.6 is 11.3 Å². The zero-order valence-corrected chi connectivity index (χ0v) is 13.4. The van der Waals surface area contributed by atoms with E-state index >= 15 is 0 Å². The molecule has 1 atom stereocenters. The maximum atomic E-state index is 12.0. The SMILES string of the molecule is CC(C)(C)c1csc(CCNC(=O)[C@H]2CC=CCC2)n1. The number of amides is 1. The van der Waals surface area contributed by atoms with Crippen LogP contribution in [0.5, 0.6) is 0 Å². The molecule has 1 heterocycles. The van der Waals surface area contributed by atoms with Gasteiger partial charge in [0.05, 0.1) is 10.7 Å². The minimum Gasteiger partial charge on any atom is -0.355 e. The Morgan fingerprint density at radius 1 is 1.45 bits per heavy atom. The smallest absolute Gasteiger partial charge is 0.223 e. The summed E-state index contributed by atoms with van der Waals surface area (Å²) in [6.45, 7) is 7.20. The molecule has 1 aromatic heterocycles. The highest BCUT2D eigenvalue weighted by molar-refractivity contribution is 7.09. The fourth-order valence-corrected chi connectivity index (χ4v) is 3.26. The van der Waals surface area contributed by atoms with Gasteiger partial charge in [-0.25, -0.2) is 4.98 Å². The molecule has 0 radical (unpaired) electrons. The lowest BCUT2D eigenvalue weighted by atomic mass is 9.93. The zero-order chi connectivity index (χ0) is 14.6. The van der Waals surface area contributed by atoms with Gasteiger partial charge in [-0.3, -0.25) is 4.79 Å². The van der Waals surface area contributed by atoms with Crippen LogP contribution in [0.15, 0.2) is 17.5 Å². The molecule has 1 aromatic rings. The van der Waals surface area contributed by atoms with E-state index in [-0.39, 0.29) is 17.2 Å². The van der Waals surface area contributed by atoms with Gasteiger partial charge in [0.25, 0.3) is 0 Å². The normalized spacial score (nSPS) is 19.1. The minimum absolute atomic E-state index is 0.104. The molecule has 0 aliphatic heterocycles. The molecule has 0 spiro atoms. The highest BCUT2D eigenvalue weighted by Crippen LogP contribution is 2.24. The van der Waals surface area contributed by atoms with Gasteiger partial charge in [-0.1, -0.05) is 32.9 Å². The van der Waals surface area contributed by atoms with Crippen LogP contribution in [0.3, 0.4) is 0 Å². The summed E-state index contributed by atoms with van der Waals surface area (Å²) in [6.07, 6.45) is 8.00. The molecule has 0 saturated heterocycles. The Kier molecular flexibility index (Phi) is 4.97. The predicted octanol–water partition coefficient (Wildman–Crippen LogP) is 3.46. The molecule has 1 aliphatic carbocycles. The summed E-state index contributed by atoms with van der Waals surface area (Å²) in [7, 11) is 0. The molecule has 110 valence electrons. The average molecular weight is 292 g/mol. The van der Waals surface area contributed by atoms with Crippen molar-refractivity contribution in [1.82, 2.24) is 10.3 Å². The second kappa shape index (κ2) is 6.53. The first kappa shape index (κ1) is 15.2. The van der Waals surface area contributed by atoms with Gasteiger partial charge in [-0.2, -0.15) is 0 Å². The molecule has 3 nitrogen and oxygen atoms in total. The number of nitrogens with one attached hydrogen (secondary N) is 1. The van der Waals surface area contributed by atoms with Crippen LogP contribution < -0.4 is 5.32 Å². The lowest BCUT2D eigenvalue weighted by molar-refractivity contribution is -0.125. The van der Waals surface area contributed by atoms with E-state index in [2.05, 4.69) is 48.6 Å². The van der Waals surface area contributed by atoms with Crippen molar-refractivity contribution in [2.45, 2.75) is 51.9 Å². The van der Waals surface area contributed by atoms with Gasteiger partial charge in [0.15, 0.2) is 0 Å². The van der Waals surface area contributed by atoms with Crippen molar-refractivity contribution < 1.29 is 4.79 Å². The van der Waals surface area contributed by atoms with Crippen LogP contribution in [0.2, 0.25) is 0 Å². The van der Waals surface area contributed by atoms with Crippen molar-refractivity contribution in [2.24, 2.45) is 5.92 Å². The number of rotatable bonds is 4. The number of allylic oxidation sites excluding steroid dienone is 2. The first-order valence-corrected chi connectivity index (χ1v) is 8.22. The van der Waals surface area contributed by atoms with E-state index < -0.39 is 0 Å². The van der Waals surface area contributed by atoms with E-state index in [0.717, 1.165) is 36.4 Å². The molecule has 0 saturated carbocycles. The summed E-state index contributed by atoms with van der Waals surface area (Å²) in [5.74, 6) is 0.364. The molecule has 1 N–H and O–H groups in total. The van der Waals surface area contributed by atoms with Gasteiger partial charge >= 0.3 is 0 Å². The largest absolute Gasteiger partial charge is 0.355 e. The van der Waals surface area contributed by atoms with Gasteiger partial charge < -0.3 is 5.32 Å². The number of aromatic nitrogens is 1. The summed E-state index contributed by atoms with van der Waals surface area (Å²) < 4.78 is 0. The maximum absolute atomic E-state index is 12.0. The Balaban J connectivity index is 1.77. The van der Waals surface area contributed by atoms with E-state index in [1.54, 1.807) is 11.3 Å². The summed E-state index contributed by atoms with van der Waals surface area (Å²) in [4.78, 5) is 16.6. The van der Waals surface area contributed by atoms with Crippen LogP contribution in [0, 0.1) is 5.92 Å². The fourth-order valence-electron chi connectivity index (χ4n) is 2.24. The Morgan fingerprint density at radius 2 is 2.25 bits per heavy atom. The van der Waals surface area contributed by atoms with Gasteiger partial charge in [0, 0.05) is 29.7 Å². The molecule has 0 fully saturated rings. The zero-order valence-electron chi connectivity index (χ0n) is 12.6. The quantitative estimate of drug-likeness (QED) is 0.864. The van der Waals surface area contributed by atoms with Gasteiger partial charge in [-0.05, 0) is 19.3 Å². The Labute approximate surface area is 125 Å². The lowest BCUT2D eigenvalue weighted by Crippen LogP contribution is -2.32. The van der Waals surface area contributed by atoms with Gasteiger partial charge in [0.2, 0.25) is 5.91 Å². The van der Waals surface area contributed by atoms with Crippen LogP contribution in [0.1, 0.15) is 50.7 Å². The van der Waals surface area contributed by atoms with Crippen LogP contribution in [0.25, 0.3) is 0 Å². The predicted molar refractivity (Wildman–Crippen MR) is 84.0 cm³/mol. The molecule has 0 aromatic carbocycles. The molecular formula is C16H24N2OS. The Morgan fingerprint density at radius 3 is 2.85 bits per heavy atom. The van der Waals surface area contributed by atoms with Crippen molar-refractivity contribution in [2.75, 3.05) is 6.54 Å². The molecule has 20 heavy (non-hydrogen) atoms. The van der Waals surface area contributed by atoms with Crippen LogP contribution in [-0.4, -0.2) is 17.4 Å². The van der Waals surface area contributed by atoms with Crippen LogP contribution in [0.4, 0.5) is 0 Å². The number of hydrogen-bond acceptors (Lipinski definition) is 3. The van der Waals surface area contributed by atoms with Gasteiger partial charge in [0.1, 0.15) is 0 Å². The number of thiazole rings is 1. The standard InChI is InChI=1S/C16H24N2OS/c1-16(2,3)13-11-20-14(18-13)9-10-17-15(19)12-7-5-4-6-8-12/h4-5,11-12H,6-10H2,1-3H3,(H,17,19)/t12-/m0/s1. The van der Waals surface area contributed by atoms with E-state index in [0.29, 0.717) is 6.54 Å². The summed E-state index contributed by atoms with van der Waals surface area (Å²) in [5, 5.41) is 6.28. The number of nitrogens with zero attached hydrogens (tertiary/aromatic N) is 1. The van der Waals surface area contributed by atoms with Crippen molar-refractivity contribution in [3.63, 3.8) is 0 Å². The first-order chi connectivity index (χ1) is 9.47. The highest BCUT2D eigenvalue weighted by atomic mass is 32.1. The minimum atomic E-state index is 0.104. The van der Waals surface area contributed by atoms with Crippen molar-refractivity contribution in [3.8, 4) is 0 Å². The Hall–Kier alpha value is -1.16. The van der Waals surface area contributed by atoms with E-state index in [4.69, 9.17) is 0 Å². The molecule has 0 unspecified atom stereocenters. The number of carbonyl (C=O) groups excluding carboxylic acids is 1. The first-order valence-electron chi connectivity index (χ1n) is 7.34. The molecule has 4 heteroatoms. The van der Waals surface area contributed by atoms with Crippen molar-refractivity contribution in [1.29, 1.82) is 0 Å². The third-order valence-corrected chi connectivity index (χ3v) is 4.51. The summed E-state index contributed by atoms with van der Waals surface area (Å²) in [5.41, 5.74) is 1.24. The fraction of sp³-hybridized carbons (Fsp3) is 0.625. The third kappa shape index (κ3) is 4.17. The number of carbonyl (C=O) groups is 1. The maximum Gasteiger partial charge on any atom is 0.223 e. The van der Waals surface area contributed by atoms with Crippen molar-refractivity contribution in [3.05, 3.63) is 28.2 Å². The lowest BCUT2D eigenvalue weighted by Gasteiger charge is -2.17. The summed E-state index contributed by atoms with van der Waals surface area (Å²) in [6, 6.07) is 0. The molecular weight excluding hydrogens is 268 g/mol. The van der Waals surface area contributed by atoms with Gasteiger partial charge in [-0.15, -0.1) is 11.3 Å². The van der Waals surface area contributed by atoms with Crippen molar-refractivity contribution >= 4 is 17.2 Å². The highest BCUT2D eigenvalue weighted by Gasteiger charge is 2.19. The second-order valence-corrected chi connectivity index (χ2v) is 7.34. The molecule has 2 rings (SSSR count). The van der Waals surface area contributed by atoms with E-state index in [1.165, 1.54) is 0 Å². The third-order valence-electron chi connectivity index (χ3n) is 3.60. The number of hydrogen-bond donors (Lipinski definition) is 1. The van der Waals surface area contributed by atoms with E-state index in [9.17, 15) is 4.79 Å². The van der Waals surface area contributed by atoms with Crippen LogP contribution in [-0.2, 0) is 16.6 Å². The second-order valence-electron chi connectivity index (χ2n) is 6.40. The Bertz CT molecular complexity index is 485. The monoisotopic (exact) mass is 292 g/mol. The summed E-state index contributed by atoms with van der Waals surface area (Å²) >= 11 is 1.69. The molecule has 1 aliphatic rings. The average Bonchev–Trinajstić information content (AvgIpc) is 2.88.